The first-order valence-electron chi connectivity index (χ1n) is 9.17. The minimum Gasteiger partial charge on any atom is -0.342 e. The zero-order valence-electron chi connectivity index (χ0n) is 14.5. The van der Waals surface area contributed by atoms with E-state index in [0.717, 1.165) is 19.3 Å². The molecule has 25 heavy (non-hydrogen) atoms. The van der Waals surface area contributed by atoms with Crippen molar-refractivity contribution in [1.29, 1.82) is 0 Å². The fourth-order valence-corrected chi connectivity index (χ4v) is 5.54. The van der Waals surface area contributed by atoms with E-state index < -0.39 is 11.8 Å². The van der Waals surface area contributed by atoms with Crippen LogP contribution in [-0.4, -0.2) is 23.1 Å². The van der Waals surface area contributed by atoms with Gasteiger partial charge in [0.15, 0.2) is 5.78 Å². The first-order valence-corrected chi connectivity index (χ1v) is 9.17. The van der Waals surface area contributed by atoms with Gasteiger partial charge in [-0.15, -0.1) is 0 Å². The molecule has 0 radical (unpaired) electrons. The molecule has 0 unspecified atom stereocenters. The molecule has 1 aromatic carbocycles. The number of nitrogens with one attached hydrogen (secondary N) is 2. The van der Waals surface area contributed by atoms with Crippen LogP contribution in [0.5, 0.6) is 0 Å². The lowest BCUT2D eigenvalue weighted by atomic mass is 9.53. The number of rotatable bonds is 3. The van der Waals surface area contributed by atoms with Crippen molar-refractivity contribution in [2.75, 3.05) is 5.32 Å². The molecule has 4 fully saturated rings. The van der Waals surface area contributed by atoms with E-state index in [1.54, 1.807) is 24.3 Å². The highest BCUT2D eigenvalue weighted by Gasteiger charge is 2.51. The molecule has 2 amide bonds. The van der Waals surface area contributed by atoms with Crippen molar-refractivity contribution in [3.63, 3.8) is 0 Å². The number of anilines is 1. The molecule has 0 aromatic heterocycles. The first kappa shape index (κ1) is 16.3. The third-order valence-corrected chi connectivity index (χ3v) is 6.17. The lowest BCUT2D eigenvalue weighted by Gasteiger charge is -2.56. The summed E-state index contributed by atoms with van der Waals surface area (Å²) in [5.41, 5.74) is 0.938. The number of ketones is 1. The van der Waals surface area contributed by atoms with Crippen LogP contribution < -0.4 is 10.6 Å². The van der Waals surface area contributed by atoms with E-state index in [0.29, 0.717) is 29.0 Å². The summed E-state index contributed by atoms with van der Waals surface area (Å²) in [6, 6.07) is 6.59. The van der Waals surface area contributed by atoms with Crippen molar-refractivity contribution in [3.05, 3.63) is 29.8 Å². The number of carbonyl (C=O) groups excluding carboxylic acids is 3. The van der Waals surface area contributed by atoms with Gasteiger partial charge in [-0.25, -0.2) is 0 Å². The quantitative estimate of drug-likeness (QED) is 0.656. The predicted octanol–water partition coefficient (Wildman–Crippen LogP) is 2.91. The van der Waals surface area contributed by atoms with Gasteiger partial charge in [0.25, 0.3) is 0 Å². The number of benzene rings is 1. The normalized spacial score (nSPS) is 32.3. The van der Waals surface area contributed by atoms with Crippen molar-refractivity contribution in [1.82, 2.24) is 5.32 Å². The zero-order valence-corrected chi connectivity index (χ0v) is 14.5. The predicted molar refractivity (Wildman–Crippen MR) is 94.1 cm³/mol. The molecule has 4 bridgehead atoms. The molecule has 0 heterocycles. The summed E-state index contributed by atoms with van der Waals surface area (Å²) in [5.74, 6) is 0.942. The summed E-state index contributed by atoms with van der Waals surface area (Å²) in [7, 11) is 0. The Morgan fingerprint density at radius 2 is 1.40 bits per heavy atom. The van der Waals surface area contributed by atoms with Crippen LogP contribution in [0.3, 0.4) is 0 Å². The van der Waals surface area contributed by atoms with Crippen molar-refractivity contribution in [2.45, 2.75) is 51.0 Å². The molecule has 4 aliphatic rings. The maximum absolute atomic E-state index is 12.4. The van der Waals surface area contributed by atoms with Gasteiger partial charge >= 0.3 is 11.8 Å². The Hall–Kier alpha value is -2.17. The molecular weight excluding hydrogens is 316 g/mol. The van der Waals surface area contributed by atoms with Crippen LogP contribution in [0.15, 0.2) is 24.3 Å². The highest BCUT2D eigenvalue weighted by Crippen LogP contribution is 2.55. The van der Waals surface area contributed by atoms with Crippen molar-refractivity contribution < 1.29 is 14.4 Å². The second-order valence-electron chi connectivity index (χ2n) is 8.24. The third kappa shape index (κ3) is 3.20. The van der Waals surface area contributed by atoms with Gasteiger partial charge in [0, 0.05) is 16.8 Å². The zero-order chi connectivity index (χ0) is 17.6. The van der Waals surface area contributed by atoms with Gasteiger partial charge in [0.1, 0.15) is 0 Å². The summed E-state index contributed by atoms with van der Waals surface area (Å²) < 4.78 is 0. The minimum absolute atomic E-state index is 0.0302. The number of amides is 2. The van der Waals surface area contributed by atoms with Crippen molar-refractivity contribution in [2.24, 2.45) is 17.8 Å². The summed E-state index contributed by atoms with van der Waals surface area (Å²) in [6.07, 6.45) is 6.94. The van der Waals surface area contributed by atoms with Crippen molar-refractivity contribution in [3.8, 4) is 0 Å². The van der Waals surface area contributed by atoms with Crippen LogP contribution in [0.25, 0.3) is 0 Å². The molecule has 0 spiro atoms. The Morgan fingerprint density at radius 1 is 0.880 bits per heavy atom. The maximum Gasteiger partial charge on any atom is 0.313 e. The monoisotopic (exact) mass is 340 g/mol. The van der Waals surface area contributed by atoms with E-state index in [-0.39, 0.29) is 11.3 Å². The van der Waals surface area contributed by atoms with Crippen LogP contribution in [0.1, 0.15) is 55.8 Å². The van der Waals surface area contributed by atoms with E-state index in [2.05, 4.69) is 10.6 Å². The highest BCUT2D eigenvalue weighted by atomic mass is 16.2. The maximum atomic E-state index is 12.4. The molecule has 5 nitrogen and oxygen atoms in total. The molecule has 2 N–H and O–H groups in total. The molecule has 1 aromatic rings. The van der Waals surface area contributed by atoms with Gasteiger partial charge in [-0.1, -0.05) is 0 Å². The van der Waals surface area contributed by atoms with Gasteiger partial charge < -0.3 is 10.6 Å². The Morgan fingerprint density at radius 3 is 1.88 bits per heavy atom. The van der Waals surface area contributed by atoms with Crippen LogP contribution >= 0.6 is 0 Å². The number of hydrogen-bond donors (Lipinski definition) is 2. The SMILES string of the molecule is CC(=O)c1ccc(NC(=O)C(=O)NC23CC4CC(CC(C4)C2)C3)cc1. The largest absolute Gasteiger partial charge is 0.342 e. The molecule has 132 valence electrons. The molecule has 4 aliphatic carbocycles. The van der Waals surface area contributed by atoms with Crippen LogP contribution in [0, 0.1) is 17.8 Å². The lowest BCUT2D eigenvalue weighted by molar-refractivity contribution is -0.139. The first-order chi connectivity index (χ1) is 11.9. The molecule has 4 saturated carbocycles. The highest BCUT2D eigenvalue weighted by molar-refractivity contribution is 6.39. The molecular formula is C20H24N2O3. The average molecular weight is 340 g/mol. The Kier molecular flexibility index (Phi) is 3.89. The van der Waals surface area contributed by atoms with E-state index in [1.807, 2.05) is 0 Å². The van der Waals surface area contributed by atoms with Gasteiger partial charge in [-0.05, 0) is 87.5 Å². The second-order valence-corrected chi connectivity index (χ2v) is 8.24. The smallest absolute Gasteiger partial charge is 0.313 e. The molecule has 0 aliphatic heterocycles. The summed E-state index contributed by atoms with van der Waals surface area (Å²) in [6.45, 7) is 1.49. The van der Waals surface area contributed by atoms with Crippen LogP contribution in [0.4, 0.5) is 5.69 Å². The van der Waals surface area contributed by atoms with Gasteiger partial charge in [0.05, 0.1) is 0 Å². The molecule has 5 rings (SSSR count). The van der Waals surface area contributed by atoms with E-state index in [9.17, 15) is 14.4 Å². The van der Waals surface area contributed by atoms with Crippen molar-refractivity contribution >= 4 is 23.3 Å². The number of hydrogen-bond acceptors (Lipinski definition) is 3. The molecule has 0 atom stereocenters. The number of Topliss-reactive ketones (excluding diaryl/α,β-unsaturated/α-hetero) is 1. The third-order valence-electron chi connectivity index (χ3n) is 6.17. The topological polar surface area (TPSA) is 75.3 Å². The summed E-state index contributed by atoms with van der Waals surface area (Å²) in [5, 5.41) is 5.70. The molecule has 0 saturated heterocycles. The minimum atomic E-state index is -0.633. The average Bonchev–Trinajstić information content (AvgIpc) is 2.53. The second kappa shape index (κ2) is 5.97. The fourth-order valence-electron chi connectivity index (χ4n) is 5.54. The van der Waals surface area contributed by atoms with Crippen LogP contribution in [-0.2, 0) is 9.59 Å². The lowest BCUT2D eigenvalue weighted by Crippen LogP contribution is -2.61. The van der Waals surface area contributed by atoms with E-state index in [1.165, 1.54) is 26.2 Å². The fraction of sp³-hybridized carbons (Fsp3) is 0.550. The van der Waals surface area contributed by atoms with E-state index >= 15 is 0 Å². The molecule has 5 heteroatoms. The van der Waals surface area contributed by atoms with Gasteiger partial charge in [0.2, 0.25) is 0 Å². The Balaban J connectivity index is 1.39. The standard InChI is InChI=1S/C20H24N2O3/c1-12(23)16-2-4-17(5-3-16)21-18(24)19(25)22-20-9-13-6-14(10-20)8-15(7-13)11-20/h2-5,13-15H,6-11H2,1H3,(H,21,24)(H,22,25). The van der Waals surface area contributed by atoms with Crippen LogP contribution in [0.2, 0.25) is 0 Å². The Labute approximate surface area is 147 Å². The number of carbonyl (C=O) groups is 3. The van der Waals surface area contributed by atoms with E-state index in [4.69, 9.17) is 0 Å². The van der Waals surface area contributed by atoms with Gasteiger partial charge in [-0.2, -0.15) is 0 Å². The summed E-state index contributed by atoms with van der Waals surface area (Å²) in [4.78, 5) is 36.0. The summed E-state index contributed by atoms with van der Waals surface area (Å²) >= 11 is 0. The van der Waals surface area contributed by atoms with Gasteiger partial charge in [-0.3, -0.25) is 14.4 Å². The Bertz CT molecular complexity index is 688.